The molecule has 0 bridgehead atoms. The van der Waals surface area contributed by atoms with Gasteiger partial charge >= 0.3 is 0 Å². The highest BCUT2D eigenvalue weighted by Crippen LogP contribution is 2.26. The van der Waals surface area contributed by atoms with Crippen LogP contribution in [0.5, 0.6) is 0 Å². The summed E-state index contributed by atoms with van der Waals surface area (Å²) < 4.78 is 26.0. The van der Waals surface area contributed by atoms with Gasteiger partial charge in [0.05, 0.1) is 16.9 Å². The molecule has 7 heteroatoms. The fourth-order valence-corrected chi connectivity index (χ4v) is 3.89. The Morgan fingerprint density at radius 3 is 2.39 bits per heavy atom. The lowest BCUT2D eigenvalue weighted by molar-refractivity contribution is 0.596. The first kappa shape index (κ1) is 12.8. The summed E-state index contributed by atoms with van der Waals surface area (Å²) in [6, 6.07) is 6.67. The first-order valence-electron chi connectivity index (χ1n) is 5.18. The molecule has 1 aromatic carbocycles. The number of sulfonamides is 1. The van der Waals surface area contributed by atoms with Crippen LogP contribution in [0.2, 0.25) is 0 Å². The van der Waals surface area contributed by atoms with Gasteiger partial charge in [0, 0.05) is 12.7 Å². The van der Waals surface area contributed by atoms with Gasteiger partial charge < -0.3 is 5.73 Å². The summed E-state index contributed by atoms with van der Waals surface area (Å²) in [7, 11) is -2.03. The van der Waals surface area contributed by atoms with Crippen molar-refractivity contribution in [2.45, 2.75) is 11.1 Å². The van der Waals surface area contributed by atoms with E-state index in [2.05, 4.69) is 4.98 Å². The van der Waals surface area contributed by atoms with Crippen molar-refractivity contribution in [3.8, 4) is 0 Å². The van der Waals surface area contributed by atoms with Crippen LogP contribution < -0.4 is 10.0 Å². The predicted octanol–water partition coefficient (Wildman–Crippen LogP) is 1.86. The molecule has 0 unspecified atom stereocenters. The number of aromatic nitrogens is 1. The second kappa shape index (κ2) is 4.58. The molecule has 0 radical (unpaired) electrons. The van der Waals surface area contributed by atoms with Crippen molar-refractivity contribution in [1.82, 2.24) is 4.98 Å². The van der Waals surface area contributed by atoms with Gasteiger partial charge in [0.1, 0.15) is 0 Å². The summed E-state index contributed by atoms with van der Waals surface area (Å²) in [5.74, 6) is 0. The van der Waals surface area contributed by atoms with Gasteiger partial charge in [0.25, 0.3) is 10.0 Å². The molecule has 96 valence electrons. The molecule has 0 atom stereocenters. The van der Waals surface area contributed by atoms with Gasteiger partial charge in [-0.2, -0.15) is 0 Å². The van der Waals surface area contributed by atoms with Crippen molar-refractivity contribution in [2.24, 2.45) is 0 Å². The Kier molecular flexibility index (Phi) is 3.27. The Bertz CT molecular complexity index is 647. The molecule has 0 spiro atoms. The summed E-state index contributed by atoms with van der Waals surface area (Å²) in [6.45, 7) is 1.77. The standard InChI is InChI=1S/C11H13N3O2S2/c1-8-13-7-11(17-8)18(15,16)14(2)10-5-3-9(12)4-6-10/h3-7H,12H2,1-2H3. The van der Waals surface area contributed by atoms with E-state index in [-0.39, 0.29) is 4.21 Å². The number of benzene rings is 1. The third-order valence-corrected chi connectivity index (χ3v) is 5.61. The third kappa shape index (κ3) is 2.32. The summed E-state index contributed by atoms with van der Waals surface area (Å²) in [5.41, 5.74) is 6.74. The molecular weight excluding hydrogens is 270 g/mol. The molecule has 2 N–H and O–H groups in total. The van der Waals surface area contributed by atoms with Crippen LogP contribution in [-0.2, 0) is 10.0 Å². The van der Waals surface area contributed by atoms with Crippen LogP contribution in [0, 0.1) is 6.92 Å². The van der Waals surface area contributed by atoms with Crippen LogP contribution in [0.3, 0.4) is 0 Å². The van der Waals surface area contributed by atoms with E-state index in [1.807, 2.05) is 0 Å². The molecule has 0 saturated carbocycles. The van der Waals surface area contributed by atoms with Crippen molar-refractivity contribution in [3.05, 3.63) is 35.5 Å². The Labute approximate surface area is 110 Å². The largest absolute Gasteiger partial charge is 0.399 e. The minimum absolute atomic E-state index is 0.235. The van der Waals surface area contributed by atoms with E-state index in [1.165, 1.54) is 17.5 Å². The number of nitrogens with two attached hydrogens (primary N) is 1. The Balaban J connectivity index is 2.39. The molecule has 1 aromatic heterocycles. The smallest absolute Gasteiger partial charge is 0.275 e. The first-order chi connectivity index (χ1) is 8.41. The highest BCUT2D eigenvalue weighted by molar-refractivity contribution is 7.94. The van der Waals surface area contributed by atoms with Crippen LogP contribution in [0.15, 0.2) is 34.7 Å². The summed E-state index contributed by atoms with van der Waals surface area (Å²) in [4.78, 5) is 3.97. The average Bonchev–Trinajstić information content (AvgIpc) is 2.76. The Hall–Kier alpha value is -1.60. The summed E-state index contributed by atoms with van der Waals surface area (Å²) in [6.07, 6.45) is 1.38. The zero-order valence-corrected chi connectivity index (χ0v) is 11.6. The SMILES string of the molecule is Cc1ncc(S(=O)(=O)N(C)c2ccc(N)cc2)s1. The van der Waals surface area contributed by atoms with E-state index in [0.717, 1.165) is 16.3 Å². The monoisotopic (exact) mass is 283 g/mol. The predicted molar refractivity (Wildman–Crippen MR) is 73.3 cm³/mol. The molecule has 0 amide bonds. The van der Waals surface area contributed by atoms with Gasteiger partial charge in [-0.15, -0.1) is 11.3 Å². The van der Waals surface area contributed by atoms with Crippen LogP contribution in [0.1, 0.15) is 5.01 Å². The highest BCUT2D eigenvalue weighted by Gasteiger charge is 2.23. The zero-order valence-electron chi connectivity index (χ0n) is 9.99. The van der Waals surface area contributed by atoms with Crippen molar-refractivity contribution in [2.75, 3.05) is 17.1 Å². The number of thiazole rings is 1. The van der Waals surface area contributed by atoms with E-state index in [0.29, 0.717) is 11.4 Å². The number of nitrogens with zero attached hydrogens (tertiary/aromatic N) is 2. The van der Waals surface area contributed by atoms with E-state index in [1.54, 1.807) is 31.2 Å². The molecule has 0 aliphatic carbocycles. The molecule has 0 aliphatic heterocycles. The van der Waals surface area contributed by atoms with E-state index >= 15 is 0 Å². The third-order valence-electron chi connectivity index (χ3n) is 2.47. The number of anilines is 2. The lowest BCUT2D eigenvalue weighted by atomic mass is 10.3. The molecule has 5 nitrogen and oxygen atoms in total. The van der Waals surface area contributed by atoms with Crippen molar-refractivity contribution in [3.63, 3.8) is 0 Å². The molecular formula is C11H13N3O2S2. The zero-order chi connectivity index (χ0) is 13.3. The van der Waals surface area contributed by atoms with E-state index in [4.69, 9.17) is 5.73 Å². The molecule has 2 aromatic rings. The topological polar surface area (TPSA) is 76.3 Å². The number of aryl methyl sites for hydroxylation is 1. The summed E-state index contributed by atoms with van der Waals surface area (Å²) >= 11 is 1.16. The van der Waals surface area contributed by atoms with Crippen molar-refractivity contribution in [1.29, 1.82) is 0 Å². The lowest BCUT2D eigenvalue weighted by Gasteiger charge is -2.18. The molecule has 1 heterocycles. The first-order valence-corrected chi connectivity index (χ1v) is 7.44. The minimum Gasteiger partial charge on any atom is -0.399 e. The van der Waals surface area contributed by atoms with Crippen molar-refractivity contribution < 1.29 is 8.42 Å². The number of hydrogen-bond donors (Lipinski definition) is 1. The van der Waals surface area contributed by atoms with Crippen LogP contribution in [0.25, 0.3) is 0 Å². The molecule has 18 heavy (non-hydrogen) atoms. The van der Waals surface area contributed by atoms with Gasteiger partial charge in [-0.05, 0) is 31.2 Å². The lowest BCUT2D eigenvalue weighted by Crippen LogP contribution is -2.25. The van der Waals surface area contributed by atoms with Crippen LogP contribution in [0.4, 0.5) is 11.4 Å². The van der Waals surface area contributed by atoms with E-state index in [9.17, 15) is 8.42 Å². The van der Waals surface area contributed by atoms with Gasteiger partial charge in [0.15, 0.2) is 4.21 Å². The molecule has 0 aliphatic rings. The van der Waals surface area contributed by atoms with Gasteiger partial charge in [-0.1, -0.05) is 0 Å². The summed E-state index contributed by atoms with van der Waals surface area (Å²) in [5, 5.41) is 0.722. The molecule has 2 rings (SSSR count). The number of nitrogen functional groups attached to an aromatic ring is 1. The maximum atomic E-state index is 12.3. The van der Waals surface area contributed by atoms with Gasteiger partial charge in [-0.3, -0.25) is 4.31 Å². The maximum absolute atomic E-state index is 12.3. The number of rotatable bonds is 3. The van der Waals surface area contributed by atoms with Crippen LogP contribution >= 0.6 is 11.3 Å². The van der Waals surface area contributed by atoms with E-state index < -0.39 is 10.0 Å². The van der Waals surface area contributed by atoms with Gasteiger partial charge in [0.2, 0.25) is 0 Å². The fourth-order valence-electron chi connectivity index (χ4n) is 1.42. The second-order valence-electron chi connectivity index (χ2n) is 3.76. The Morgan fingerprint density at radius 2 is 1.89 bits per heavy atom. The second-order valence-corrected chi connectivity index (χ2v) is 7.19. The maximum Gasteiger partial charge on any atom is 0.275 e. The van der Waals surface area contributed by atoms with Gasteiger partial charge in [-0.25, -0.2) is 13.4 Å². The normalized spacial score (nSPS) is 11.4. The minimum atomic E-state index is -3.54. The van der Waals surface area contributed by atoms with Crippen LogP contribution in [-0.4, -0.2) is 20.4 Å². The Morgan fingerprint density at radius 1 is 1.28 bits per heavy atom. The highest BCUT2D eigenvalue weighted by atomic mass is 32.2. The molecule has 0 fully saturated rings. The average molecular weight is 283 g/mol. The molecule has 0 saturated heterocycles. The van der Waals surface area contributed by atoms with Crippen molar-refractivity contribution >= 4 is 32.7 Å². The fraction of sp³-hybridized carbons (Fsp3) is 0.182. The quantitative estimate of drug-likeness (QED) is 0.872. The number of hydrogen-bond acceptors (Lipinski definition) is 5.